The summed E-state index contributed by atoms with van der Waals surface area (Å²) in [4.78, 5) is 23.3. The standard InChI is InChI=1S/C18H26N2O4/c1-23-16-11-13(9-10-15(16)24-12-17(19)21)18(22)20-14-7-5-3-2-4-6-8-14/h9-11,14H,2-8,12H2,1H3,(H2,19,21)(H,20,22). The van der Waals surface area contributed by atoms with Crippen molar-refractivity contribution in [1.82, 2.24) is 5.32 Å². The molecular formula is C18H26N2O4. The molecule has 6 heteroatoms. The Bertz CT molecular complexity index is 566. The van der Waals surface area contributed by atoms with Crippen LogP contribution in [-0.4, -0.2) is 31.6 Å². The molecule has 6 nitrogen and oxygen atoms in total. The number of hydrogen-bond donors (Lipinski definition) is 2. The molecule has 0 spiro atoms. The van der Waals surface area contributed by atoms with E-state index in [2.05, 4.69) is 5.32 Å². The van der Waals surface area contributed by atoms with Crippen molar-refractivity contribution in [2.45, 2.75) is 51.0 Å². The number of amides is 2. The summed E-state index contributed by atoms with van der Waals surface area (Å²) < 4.78 is 10.5. The molecule has 1 fully saturated rings. The van der Waals surface area contributed by atoms with E-state index < -0.39 is 5.91 Å². The van der Waals surface area contributed by atoms with Crippen molar-refractivity contribution >= 4 is 11.8 Å². The van der Waals surface area contributed by atoms with E-state index in [9.17, 15) is 9.59 Å². The van der Waals surface area contributed by atoms with Gasteiger partial charge in [-0.25, -0.2) is 0 Å². The number of methoxy groups -OCH3 is 1. The number of nitrogens with two attached hydrogens (primary N) is 1. The molecule has 0 radical (unpaired) electrons. The number of rotatable bonds is 6. The molecule has 1 aromatic carbocycles. The smallest absolute Gasteiger partial charge is 0.255 e. The molecule has 1 aliphatic carbocycles. The number of carbonyl (C=O) groups excluding carboxylic acids is 2. The van der Waals surface area contributed by atoms with Crippen LogP contribution < -0.4 is 20.5 Å². The summed E-state index contributed by atoms with van der Waals surface area (Å²) in [6.07, 6.45) is 8.16. The van der Waals surface area contributed by atoms with Crippen molar-refractivity contribution in [3.63, 3.8) is 0 Å². The average molecular weight is 334 g/mol. The fourth-order valence-electron chi connectivity index (χ4n) is 2.95. The number of ether oxygens (including phenoxy) is 2. The number of carbonyl (C=O) groups is 2. The second-order valence-corrected chi connectivity index (χ2v) is 6.14. The van der Waals surface area contributed by atoms with Gasteiger partial charge in [-0.3, -0.25) is 9.59 Å². The summed E-state index contributed by atoms with van der Waals surface area (Å²) >= 11 is 0. The highest BCUT2D eigenvalue weighted by atomic mass is 16.5. The average Bonchev–Trinajstić information content (AvgIpc) is 2.54. The Morgan fingerprint density at radius 3 is 2.42 bits per heavy atom. The first-order valence-corrected chi connectivity index (χ1v) is 8.50. The predicted molar refractivity (Wildman–Crippen MR) is 91.3 cm³/mol. The molecule has 0 bridgehead atoms. The second kappa shape index (κ2) is 9.15. The zero-order valence-electron chi connectivity index (χ0n) is 14.2. The predicted octanol–water partition coefficient (Wildman–Crippen LogP) is 2.40. The third kappa shape index (κ3) is 5.44. The number of benzene rings is 1. The Labute approximate surface area is 142 Å². The van der Waals surface area contributed by atoms with Crippen molar-refractivity contribution in [1.29, 1.82) is 0 Å². The van der Waals surface area contributed by atoms with Gasteiger partial charge in [0.25, 0.3) is 11.8 Å². The third-order valence-electron chi connectivity index (χ3n) is 4.24. The number of primary amides is 1. The first-order valence-electron chi connectivity index (χ1n) is 8.50. The molecule has 1 aromatic rings. The Morgan fingerprint density at radius 2 is 1.79 bits per heavy atom. The van der Waals surface area contributed by atoms with Crippen LogP contribution in [0.25, 0.3) is 0 Å². The monoisotopic (exact) mass is 334 g/mol. The Hall–Kier alpha value is -2.24. The minimum absolute atomic E-state index is 0.111. The Morgan fingerprint density at radius 1 is 1.12 bits per heavy atom. The van der Waals surface area contributed by atoms with Crippen molar-refractivity contribution in [3.05, 3.63) is 23.8 Å². The van der Waals surface area contributed by atoms with E-state index in [1.54, 1.807) is 18.2 Å². The van der Waals surface area contributed by atoms with Crippen molar-refractivity contribution in [3.8, 4) is 11.5 Å². The van der Waals surface area contributed by atoms with E-state index >= 15 is 0 Å². The van der Waals surface area contributed by atoms with Gasteiger partial charge >= 0.3 is 0 Å². The quantitative estimate of drug-likeness (QED) is 0.836. The summed E-state index contributed by atoms with van der Waals surface area (Å²) in [7, 11) is 1.49. The van der Waals surface area contributed by atoms with Gasteiger partial charge in [-0.2, -0.15) is 0 Å². The molecule has 1 saturated carbocycles. The number of hydrogen-bond acceptors (Lipinski definition) is 4. The second-order valence-electron chi connectivity index (χ2n) is 6.14. The van der Waals surface area contributed by atoms with Crippen molar-refractivity contribution in [2.75, 3.05) is 13.7 Å². The van der Waals surface area contributed by atoms with Crippen molar-refractivity contribution < 1.29 is 19.1 Å². The molecule has 2 amide bonds. The van der Waals surface area contributed by atoms with Gasteiger partial charge in [-0.1, -0.05) is 32.1 Å². The zero-order valence-corrected chi connectivity index (χ0v) is 14.2. The maximum atomic E-state index is 12.5. The van der Waals surface area contributed by atoms with Gasteiger partial charge in [0.1, 0.15) is 0 Å². The summed E-state index contributed by atoms with van der Waals surface area (Å²) in [5.74, 6) is 0.115. The van der Waals surface area contributed by atoms with Crippen molar-refractivity contribution in [2.24, 2.45) is 5.73 Å². The molecule has 0 atom stereocenters. The van der Waals surface area contributed by atoms with Crippen LogP contribution in [0.1, 0.15) is 55.3 Å². The van der Waals surface area contributed by atoms with Gasteiger partial charge in [0.15, 0.2) is 18.1 Å². The van der Waals surface area contributed by atoms with Crippen LogP contribution in [0.2, 0.25) is 0 Å². The maximum Gasteiger partial charge on any atom is 0.255 e. The topological polar surface area (TPSA) is 90.7 Å². The minimum Gasteiger partial charge on any atom is -0.493 e. The van der Waals surface area contributed by atoms with Crippen LogP contribution in [0.4, 0.5) is 0 Å². The molecule has 0 unspecified atom stereocenters. The maximum absolute atomic E-state index is 12.5. The van der Waals surface area contributed by atoms with Crippen LogP contribution in [-0.2, 0) is 4.79 Å². The largest absolute Gasteiger partial charge is 0.493 e. The fraction of sp³-hybridized carbons (Fsp3) is 0.556. The van der Waals surface area contributed by atoms with Crippen LogP contribution in [0.3, 0.4) is 0 Å². The van der Waals surface area contributed by atoms with Gasteiger partial charge in [0.2, 0.25) is 0 Å². The minimum atomic E-state index is -0.567. The molecule has 0 heterocycles. The molecule has 2 rings (SSSR count). The Kier molecular flexibility index (Phi) is 6.90. The normalized spacial score (nSPS) is 15.9. The van der Waals surface area contributed by atoms with E-state index in [0.29, 0.717) is 17.1 Å². The van der Waals surface area contributed by atoms with E-state index in [1.807, 2.05) is 0 Å². The van der Waals surface area contributed by atoms with Gasteiger partial charge in [0.05, 0.1) is 7.11 Å². The molecular weight excluding hydrogens is 308 g/mol. The lowest BCUT2D eigenvalue weighted by molar-refractivity contribution is -0.119. The van der Waals surface area contributed by atoms with E-state index in [-0.39, 0.29) is 18.6 Å². The highest BCUT2D eigenvalue weighted by molar-refractivity contribution is 5.95. The SMILES string of the molecule is COc1cc(C(=O)NC2CCCCCCC2)ccc1OCC(N)=O. The van der Waals surface area contributed by atoms with E-state index in [4.69, 9.17) is 15.2 Å². The number of nitrogens with one attached hydrogen (secondary N) is 1. The summed E-state index contributed by atoms with van der Waals surface area (Å²) in [6.45, 7) is -0.232. The molecule has 0 aliphatic heterocycles. The van der Waals surface area contributed by atoms with Gasteiger partial charge in [-0.15, -0.1) is 0 Å². The highest BCUT2D eigenvalue weighted by Crippen LogP contribution is 2.28. The highest BCUT2D eigenvalue weighted by Gasteiger charge is 2.17. The van der Waals surface area contributed by atoms with Crippen LogP contribution >= 0.6 is 0 Å². The lowest BCUT2D eigenvalue weighted by Crippen LogP contribution is -2.35. The molecule has 3 N–H and O–H groups in total. The molecule has 24 heavy (non-hydrogen) atoms. The summed E-state index contributed by atoms with van der Waals surface area (Å²) in [6, 6.07) is 5.13. The lowest BCUT2D eigenvalue weighted by Gasteiger charge is -2.21. The van der Waals surface area contributed by atoms with Crippen LogP contribution in [0, 0.1) is 0 Å². The first-order chi connectivity index (χ1) is 11.6. The summed E-state index contributed by atoms with van der Waals surface area (Å²) in [5.41, 5.74) is 5.58. The van der Waals surface area contributed by atoms with E-state index in [0.717, 1.165) is 25.7 Å². The van der Waals surface area contributed by atoms with Gasteiger partial charge in [0, 0.05) is 11.6 Å². The molecule has 0 saturated heterocycles. The van der Waals surface area contributed by atoms with Gasteiger partial charge in [-0.05, 0) is 31.0 Å². The molecule has 1 aliphatic rings. The summed E-state index contributed by atoms with van der Waals surface area (Å²) in [5, 5.41) is 3.11. The third-order valence-corrected chi connectivity index (χ3v) is 4.24. The Balaban J connectivity index is 2.01. The lowest BCUT2D eigenvalue weighted by atomic mass is 9.96. The fourth-order valence-corrected chi connectivity index (χ4v) is 2.95. The van der Waals surface area contributed by atoms with Crippen LogP contribution in [0.5, 0.6) is 11.5 Å². The first kappa shape index (κ1) is 18.1. The van der Waals surface area contributed by atoms with E-state index in [1.165, 1.54) is 26.4 Å². The van der Waals surface area contributed by atoms with Crippen LogP contribution in [0.15, 0.2) is 18.2 Å². The zero-order chi connectivity index (χ0) is 17.4. The van der Waals surface area contributed by atoms with Gasteiger partial charge < -0.3 is 20.5 Å². The molecule has 132 valence electrons. The molecule has 0 aromatic heterocycles.